The summed E-state index contributed by atoms with van der Waals surface area (Å²) in [5.41, 5.74) is 13.8. The molecule has 3 rings (SSSR count). The van der Waals surface area contributed by atoms with E-state index < -0.39 is 0 Å². The smallest absolute Gasteiger partial charge is 0.233 e. The first-order valence-electron chi connectivity index (χ1n) is 11.2. The molecule has 0 aliphatic carbocycles. The molecular weight excluding hydrogens is 484 g/mol. The van der Waals surface area contributed by atoms with Gasteiger partial charge in [-0.3, -0.25) is 0 Å². The third-order valence-electron chi connectivity index (χ3n) is 5.24. The van der Waals surface area contributed by atoms with E-state index in [0.717, 1.165) is 0 Å². The van der Waals surface area contributed by atoms with Crippen LogP contribution in [-0.4, -0.2) is 79.9 Å². The molecule has 0 bridgehead atoms. The van der Waals surface area contributed by atoms with Crippen molar-refractivity contribution in [3.05, 3.63) is 24.3 Å². The molecule has 8 N–H and O–H groups in total. The van der Waals surface area contributed by atoms with Crippen LogP contribution in [0.2, 0.25) is 0 Å². The van der Waals surface area contributed by atoms with Gasteiger partial charge in [0.15, 0.2) is 0 Å². The highest BCUT2D eigenvalue weighted by Crippen LogP contribution is 2.37. The van der Waals surface area contributed by atoms with Gasteiger partial charge in [-0.2, -0.15) is 15.0 Å². The molecule has 0 aliphatic rings. The summed E-state index contributed by atoms with van der Waals surface area (Å²) in [5, 5.41) is 25.3. The highest BCUT2D eigenvalue weighted by Gasteiger charge is 2.18. The molecule has 1 heterocycles. The fourth-order valence-electron chi connectivity index (χ4n) is 3.45. The highest BCUT2D eigenvalue weighted by atomic mass is 16.5. The molecule has 1 aromatic heterocycles. The molecule has 0 saturated carbocycles. The van der Waals surface area contributed by atoms with Gasteiger partial charge in [-0.05, 0) is 0 Å². The molecule has 2 aromatic carbocycles. The van der Waals surface area contributed by atoms with Gasteiger partial charge in [0.25, 0.3) is 0 Å². The van der Waals surface area contributed by atoms with Gasteiger partial charge in [-0.15, -0.1) is 0 Å². The van der Waals surface area contributed by atoms with Crippen LogP contribution < -0.4 is 45.9 Å². The summed E-state index contributed by atoms with van der Waals surface area (Å²) in [6.07, 6.45) is 0. The minimum atomic E-state index is -0.177. The van der Waals surface area contributed by atoms with E-state index in [4.69, 9.17) is 30.4 Å². The largest absolute Gasteiger partial charge is 0.495 e. The van der Waals surface area contributed by atoms with Gasteiger partial charge in [0.2, 0.25) is 17.8 Å². The lowest BCUT2D eigenvalue weighted by molar-refractivity contribution is 0.280. The fraction of sp³-hybridized carbons (Fsp3) is 0.348. The van der Waals surface area contributed by atoms with Crippen LogP contribution >= 0.6 is 0 Å². The van der Waals surface area contributed by atoms with Crippen LogP contribution in [0.3, 0.4) is 0 Å². The number of hydrogen-bond donors (Lipinski definition) is 6. The van der Waals surface area contributed by atoms with Crippen LogP contribution in [-0.2, 0) is 0 Å². The van der Waals surface area contributed by atoms with Crippen LogP contribution in [0.1, 0.15) is 0 Å². The number of benzene rings is 2. The van der Waals surface area contributed by atoms with E-state index in [9.17, 15) is 10.2 Å². The molecule has 0 radical (unpaired) electrons. The van der Waals surface area contributed by atoms with Crippen molar-refractivity contribution < 1.29 is 29.2 Å². The number of nitrogens with zero attached hydrogens (tertiary/aromatic N) is 4. The summed E-state index contributed by atoms with van der Waals surface area (Å²) in [7, 11) is 6.01. The minimum absolute atomic E-state index is 0.139. The maximum Gasteiger partial charge on any atom is 0.233 e. The van der Waals surface area contributed by atoms with Crippen molar-refractivity contribution in [2.75, 3.05) is 81.7 Å². The number of rotatable bonds is 13. The number of ether oxygens (including phenoxy) is 4. The predicted octanol–water partition coefficient (Wildman–Crippen LogP) is 1.35. The third kappa shape index (κ3) is 6.42. The number of aliphatic hydroxyl groups excluding tert-OH is 2. The average molecular weight is 517 g/mol. The number of aromatic nitrogens is 3. The fourth-order valence-corrected chi connectivity index (χ4v) is 3.45. The van der Waals surface area contributed by atoms with Crippen LogP contribution in [0.15, 0.2) is 24.3 Å². The SMILES string of the molecule is COc1cc(Nc2nc(Nc3cc(OC)c(N)cc3OC)nc(N(CCO)CCO)n2)c(OC)cc1N. The van der Waals surface area contributed by atoms with Crippen molar-refractivity contribution in [3.8, 4) is 23.0 Å². The van der Waals surface area contributed by atoms with E-state index in [1.54, 1.807) is 29.2 Å². The summed E-state index contributed by atoms with van der Waals surface area (Å²) in [4.78, 5) is 15.0. The Labute approximate surface area is 214 Å². The second-order valence-electron chi connectivity index (χ2n) is 7.56. The zero-order chi connectivity index (χ0) is 26.9. The Hall–Kier alpha value is -4.43. The first-order valence-corrected chi connectivity index (χ1v) is 11.2. The van der Waals surface area contributed by atoms with Gasteiger partial charge in [0.05, 0.1) is 64.4 Å². The number of methoxy groups -OCH3 is 4. The predicted molar refractivity (Wildman–Crippen MR) is 141 cm³/mol. The molecule has 0 spiro atoms. The van der Waals surface area contributed by atoms with Gasteiger partial charge in [0.1, 0.15) is 23.0 Å². The molecule has 0 fully saturated rings. The van der Waals surface area contributed by atoms with E-state index in [0.29, 0.717) is 45.7 Å². The molecule has 0 saturated heterocycles. The van der Waals surface area contributed by atoms with Gasteiger partial charge in [-0.25, -0.2) is 0 Å². The Kier molecular flexibility index (Phi) is 9.18. The Morgan fingerprint density at radius 1 is 0.676 bits per heavy atom. The van der Waals surface area contributed by atoms with E-state index in [1.807, 2.05) is 0 Å². The summed E-state index contributed by atoms with van der Waals surface area (Å²) in [6, 6.07) is 6.52. The van der Waals surface area contributed by atoms with E-state index in [-0.39, 0.29) is 44.1 Å². The first kappa shape index (κ1) is 27.2. The summed E-state index contributed by atoms with van der Waals surface area (Å²) < 4.78 is 21.5. The zero-order valence-electron chi connectivity index (χ0n) is 21.1. The minimum Gasteiger partial charge on any atom is -0.495 e. The van der Waals surface area contributed by atoms with Crippen molar-refractivity contribution in [1.29, 1.82) is 0 Å². The summed E-state index contributed by atoms with van der Waals surface area (Å²) >= 11 is 0. The topological polar surface area (TPSA) is 195 Å². The monoisotopic (exact) mass is 516 g/mol. The van der Waals surface area contributed by atoms with E-state index in [2.05, 4.69) is 25.6 Å². The molecule has 14 nitrogen and oxygen atoms in total. The van der Waals surface area contributed by atoms with Crippen molar-refractivity contribution >= 4 is 40.6 Å². The first-order chi connectivity index (χ1) is 17.9. The van der Waals surface area contributed by atoms with E-state index >= 15 is 0 Å². The van der Waals surface area contributed by atoms with Crippen LogP contribution in [0.4, 0.5) is 40.6 Å². The molecule has 200 valence electrons. The standard InChI is InChI=1S/C23H32N8O6/c1-34-17-11-15(19(36-3)9-13(17)24)26-21-28-22(30-23(29-21)31(5-7-32)6-8-33)27-16-12-18(35-2)14(25)10-20(16)37-4/h9-12,32-33H,5-8,24-25H2,1-4H3,(H2,26,27,28,29,30). The number of hydrogen-bond acceptors (Lipinski definition) is 14. The molecular formula is C23H32N8O6. The normalized spacial score (nSPS) is 10.5. The lowest BCUT2D eigenvalue weighted by Crippen LogP contribution is -2.31. The second-order valence-corrected chi connectivity index (χ2v) is 7.56. The average Bonchev–Trinajstić information content (AvgIpc) is 2.89. The summed E-state index contributed by atoms with van der Waals surface area (Å²) in [5.74, 6) is 2.20. The lowest BCUT2D eigenvalue weighted by Gasteiger charge is -2.22. The number of nitrogens with one attached hydrogen (secondary N) is 2. The van der Waals surface area contributed by atoms with Crippen molar-refractivity contribution in [2.45, 2.75) is 0 Å². The highest BCUT2D eigenvalue weighted by molar-refractivity contribution is 5.74. The second kappa shape index (κ2) is 12.5. The van der Waals surface area contributed by atoms with Gasteiger partial charge in [0, 0.05) is 37.4 Å². The number of anilines is 7. The quantitative estimate of drug-likeness (QED) is 0.178. The summed E-state index contributed by atoms with van der Waals surface area (Å²) in [6.45, 7) is 0.00924. The molecule has 0 aliphatic heterocycles. The zero-order valence-corrected chi connectivity index (χ0v) is 21.1. The maximum atomic E-state index is 9.53. The molecule has 14 heteroatoms. The lowest BCUT2D eigenvalue weighted by atomic mass is 10.2. The molecule has 0 unspecified atom stereocenters. The maximum absolute atomic E-state index is 9.53. The van der Waals surface area contributed by atoms with Crippen molar-refractivity contribution in [2.24, 2.45) is 0 Å². The number of nitrogen functional groups attached to an aromatic ring is 2. The Bertz CT molecular complexity index is 1120. The molecule has 37 heavy (non-hydrogen) atoms. The Morgan fingerprint density at radius 3 is 1.43 bits per heavy atom. The molecule has 3 aromatic rings. The Balaban J connectivity index is 2.10. The molecule has 0 atom stereocenters. The van der Waals surface area contributed by atoms with Gasteiger partial charge >= 0.3 is 0 Å². The van der Waals surface area contributed by atoms with Crippen molar-refractivity contribution in [3.63, 3.8) is 0 Å². The van der Waals surface area contributed by atoms with Gasteiger partial charge in [-0.1, -0.05) is 0 Å². The van der Waals surface area contributed by atoms with Crippen molar-refractivity contribution in [1.82, 2.24) is 15.0 Å². The van der Waals surface area contributed by atoms with Gasteiger partial charge < -0.3 is 56.2 Å². The third-order valence-corrected chi connectivity index (χ3v) is 5.24. The molecule has 0 amide bonds. The number of nitrogens with two attached hydrogens (primary N) is 2. The number of aliphatic hydroxyl groups is 2. The van der Waals surface area contributed by atoms with Crippen LogP contribution in [0.5, 0.6) is 23.0 Å². The van der Waals surface area contributed by atoms with Crippen LogP contribution in [0.25, 0.3) is 0 Å². The van der Waals surface area contributed by atoms with E-state index in [1.165, 1.54) is 28.4 Å². The van der Waals surface area contributed by atoms with Crippen LogP contribution in [0, 0.1) is 0 Å². The Morgan fingerprint density at radius 2 is 1.08 bits per heavy atom.